The molecule has 1 atom stereocenters. The Kier molecular flexibility index (Phi) is 3.31. The van der Waals surface area contributed by atoms with Gasteiger partial charge in [-0.1, -0.05) is 0 Å². The van der Waals surface area contributed by atoms with Crippen LogP contribution in [0.5, 0.6) is 0 Å². The third kappa shape index (κ3) is 2.21. The fourth-order valence-electron chi connectivity index (χ4n) is 2.01. The number of nitrogen functional groups attached to an aromatic ring is 1. The topological polar surface area (TPSA) is 83.6 Å². The van der Waals surface area contributed by atoms with Crippen LogP contribution in [0.4, 0.5) is 10.1 Å². The zero-order valence-corrected chi connectivity index (χ0v) is 10.7. The van der Waals surface area contributed by atoms with Gasteiger partial charge in [0.05, 0.1) is 16.7 Å². The fraction of sp³-hybridized carbons (Fsp3) is 0.455. The number of sulfonamides is 1. The first-order valence-corrected chi connectivity index (χ1v) is 7.00. The van der Waals surface area contributed by atoms with Crippen molar-refractivity contribution in [3.05, 3.63) is 23.5 Å². The van der Waals surface area contributed by atoms with E-state index in [2.05, 4.69) is 0 Å². The van der Waals surface area contributed by atoms with E-state index in [4.69, 9.17) is 5.73 Å². The lowest BCUT2D eigenvalue weighted by Crippen LogP contribution is -2.30. The number of β-amino-alcohol motifs (C(OH)–C–C–N with tert-alkyl or cyclic N) is 1. The molecule has 18 heavy (non-hydrogen) atoms. The van der Waals surface area contributed by atoms with E-state index >= 15 is 0 Å². The van der Waals surface area contributed by atoms with Crippen LogP contribution < -0.4 is 5.73 Å². The Balaban J connectivity index is 2.45. The van der Waals surface area contributed by atoms with E-state index in [0.29, 0.717) is 12.0 Å². The van der Waals surface area contributed by atoms with Crippen LogP contribution in [0.1, 0.15) is 12.0 Å². The van der Waals surface area contributed by atoms with Gasteiger partial charge in [-0.2, -0.15) is 4.31 Å². The number of halogens is 1. The molecule has 0 saturated carbocycles. The lowest BCUT2D eigenvalue weighted by molar-refractivity contribution is 0.189. The third-order valence-electron chi connectivity index (χ3n) is 3.04. The number of nitrogens with two attached hydrogens (primary N) is 1. The Morgan fingerprint density at radius 1 is 1.50 bits per heavy atom. The fourth-order valence-corrected chi connectivity index (χ4v) is 3.75. The van der Waals surface area contributed by atoms with Crippen molar-refractivity contribution in [3.8, 4) is 0 Å². The van der Waals surface area contributed by atoms with Crippen molar-refractivity contribution < 1.29 is 17.9 Å². The van der Waals surface area contributed by atoms with Crippen molar-refractivity contribution in [2.24, 2.45) is 0 Å². The highest BCUT2D eigenvalue weighted by Crippen LogP contribution is 2.26. The number of aliphatic hydroxyl groups excluding tert-OH is 1. The second-order valence-corrected chi connectivity index (χ2v) is 6.35. The molecule has 3 N–H and O–H groups in total. The van der Waals surface area contributed by atoms with Crippen LogP contribution >= 0.6 is 0 Å². The zero-order chi connectivity index (χ0) is 13.5. The zero-order valence-electron chi connectivity index (χ0n) is 9.93. The maximum atomic E-state index is 13.2. The molecule has 1 heterocycles. The Labute approximate surface area is 105 Å². The van der Waals surface area contributed by atoms with Gasteiger partial charge in [0, 0.05) is 13.1 Å². The summed E-state index contributed by atoms with van der Waals surface area (Å²) in [6.07, 6.45) is -0.229. The minimum absolute atomic E-state index is 0.00417. The van der Waals surface area contributed by atoms with Crippen molar-refractivity contribution in [2.75, 3.05) is 18.8 Å². The van der Waals surface area contributed by atoms with E-state index in [1.54, 1.807) is 0 Å². The van der Waals surface area contributed by atoms with Gasteiger partial charge in [-0.3, -0.25) is 0 Å². The first-order valence-electron chi connectivity index (χ1n) is 5.56. The molecule has 100 valence electrons. The standard InChI is InChI=1S/C11H15FN2O3S/c1-7-4-9(12)10(13)5-11(7)18(16,17)14-3-2-8(15)6-14/h4-5,8,15H,2-3,6,13H2,1H3. The summed E-state index contributed by atoms with van der Waals surface area (Å²) in [7, 11) is -3.71. The number of aryl methyl sites for hydroxylation is 1. The SMILES string of the molecule is Cc1cc(F)c(N)cc1S(=O)(=O)N1CCC(O)C1. The maximum absolute atomic E-state index is 13.2. The van der Waals surface area contributed by atoms with Crippen LogP contribution in [0.2, 0.25) is 0 Å². The molecular formula is C11H15FN2O3S. The monoisotopic (exact) mass is 274 g/mol. The first kappa shape index (κ1) is 13.3. The van der Waals surface area contributed by atoms with Crippen LogP contribution in [0.25, 0.3) is 0 Å². The smallest absolute Gasteiger partial charge is 0.243 e. The molecule has 1 aromatic carbocycles. The largest absolute Gasteiger partial charge is 0.396 e. The molecule has 1 saturated heterocycles. The molecular weight excluding hydrogens is 259 g/mol. The maximum Gasteiger partial charge on any atom is 0.243 e. The third-order valence-corrected chi connectivity index (χ3v) is 5.05. The van der Waals surface area contributed by atoms with Gasteiger partial charge in [0.2, 0.25) is 10.0 Å². The van der Waals surface area contributed by atoms with Crippen molar-refractivity contribution in [2.45, 2.75) is 24.3 Å². The number of hydrogen-bond donors (Lipinski definition) is 2. The molecule has 1 aromatic rings. The molecule has 1 fully saturated rings. The molecule has 0 radical (unpaired) electrons. The number of nitrogens with zero attached hydrogens (tertiary/aromatic N) is 1. The predicted octanol–water partition coefficient (Wildman–Crippen LogP) is 0.472. The van der Waals surface area contributed by atoms with Crippen LogP contribution in [-0.4, -0.2) is 37.0 Å². The average molecular weight is 274 g/mol. The Morgan fingerprint density at radius 3 is 2.72 bits per heavy atom. The number of hydrogen-bond acceptors (Lipinski definition) is 4. The van der Waals surface area contributed by atoms with Gasteiger partial charge in [-0.25, -0.2) is 12.8 Å². The van der Waals surface area contributed by atoms with Gasteiger partial charge in [0.15, 0.2) is 0 Å². The number of rotatable bonds is 2. The second-order valence-electron chi connectivity index (χ2n) is 4.44. The van der Waals surface area contributed by atoms with Crippen molar-refractivity contribution in [3.63, 3.8) is 0 Å². The number of benzene rings is 1. The van der Waals surface area contributed by atoms with E-state index in [-0.39, 0.29) is 23.7 Å². The first-order chi connectivity index (χ1) is 8.32. The number of aliphatic hydroxyl groups is 1. The normalized spacial score (nSPS) is 21.4. The summed E-state index contributed by atoms with van der Waals surface area (Å²) in [5.41, 5.74) is 5.52. The van der Waals surface area contributed by atoms with Crippen LogP contribution in [-0.2, 0) is 10.0 Å². The average Bonchev–Trinajstić information content (AvgIpc) is 2.70. The van der Waals surface area contributed by atoms with Crippen molar-refractivity contribution in [1.29, 1.82) is 0 Å². The van der Waals surface area contributed by atoms with Crippen LogP contribution in [0, 0.1) is 12.7 Å². The van der Waals surface area contributed by atoms with Gasteiger partial charge in [0.1, 0.15) is 5.82 Å². The lowest BCUT2D eigenvalue weighted by atomic mass is 10.2. The predicted molar refractivity (Wildman–Crippen MR) is 64.9 cm³/mol. The van der Waals surface area contributed by atoms with E-state index in [1.165, 1.54) is 11.2 Å². The summed E-state index contributed by atoms with van der Waals surface area (Å²) in [4.78, 5) is -0.00417. The second kappa shape index (κ2) is 4.49. The molecule has 2 rings (SSSR count). The minimum Gasteiger partial charge on any atom is -0.396 e. The Hall–Kier alpha value is -1.18. The van der Waals surface area contributed by atoms with E-state index in [0.717, 1.165) is 12.1 Å². The Bertz CT molecular complexity index is 574. The molecule has 0 spiro atoms. The number of anilines is 1. The molecule has 1 unspecified atom stereocenters. The molecule has 1 aliphatic heterocycles. The van der Waals surface area contributed by atoms with E-state index < -0.39 is 21.9 Å². The summed E-state index contributed by atoms with van der Waals surface area (Å²) >= 11 is 0. The highest BCUT2D eigenvalue weighted by atomic mass is 32.2. The van der Waals surface area contributed by atoms with Gasteiger partial charge in [-0.05, 0) is 31.0 Å². The minimum atomic E-state index is -3.71. The van der Waals surface area contributed by atoms with Gasteiger partial charge < -0.3 is 10.8 Å². The van der Waals surface area contributed by atoms with E-state index in [9.17, 15) is 17.9 Å². The van der Waals surface area contributed by atoms with Gasteiger partial charge in [0.25, 0.3) is 0 Å². The molecule has 0 amide bonds. The molecule has 0 aromatic heterocycles. The summed E-state index contributed by atoms with van der Waals surface area (Å²) < 4.78 is 39.0. The molecule has 5 nitrogen and oxygen atoms in total. The highest BCUT2D eigenvalue weighted by Gasteiger charge is 2.32. The molecule has 7 heteroatoms. The van der Waals surface area contributed by atoms with Gasteiger partial charge in [-0.15, -0.1) is 0 Å². The summed E-state index contributed by atoms with van der Waals surface area (Å²) in [6.45, 7) is 1.85. The highest BCUT2D eigenvalue weighted by molar-refractivity contribution is 7.89. The quantitative estimate of drug-likeness (QED) is 0.768. The van der Waals surface area contributed by atoms with Crippen molar-refractivity contribution in [1.82, 2.24) is 4.31 Å². The molecule has 0 bridgehead atoms. The summed E-state index contributed by atoms with van der Waals surface area (Å²) in [5.74, 6) is -0.632. The van der Waals surface area contributed by atoms with Crippen molar-refractivity contribution >= 4 is 15.7 Å². The lowest BCUT2D eigenvalue weighted by Gasteiger charge is -2.17. The molecule has 1 aliphatic rings. The van der Waals surface area contributed by atoms with Crippen LogP contribution in [0.15, 0.2) is 17.0 Å². The summed E-state index contributed by atoms with van der Waals surface area (Å²) in [5, 5.41) is 9.39. The Morgan fingerprint density at radius 2 is 2.17 bits per heavy atom. The van der Waals surface area contributed by atoms with Gasteiger partial charge >= 0.3 is 0 Å². The van der Waals surface area contributed by atoms with Crippen LogP contribution in [0.3, 0.4) is 0 Å². The molecule has 0 aliphatic carbocycles. The summed E-state index contributed by atoms with van der Waals surface area (Å²) in [6, 6.07) is 2.24. The van der Waals surface area contributed by atoms with E-state index in [1.807, 2.05) is 0 Å².